The third-order valence-corrected chi connectivity index (χ3v) is 7.71. The number of β-amino-alcohol motifs (C(OH)–C–C–N with tert-alkyl or cyclic N) is 1. The van der Waals surface area contributed by atoms with Crippen LogP contribution in [0, 0.1) is 11.7 Å². The fourth-order valence-corrected chi connectivity index (χ4v) is 5.01. The Labute approximate surface area is 227 Å². The second-order valence-corrected chi connectivity index (χ2v) is 10.3. The molecule has 0 aromatic heterocycles. The molecule has 2 fully saturated rings. The summed E-state index contributed by atoms with van der Waals surface area (Å²) in [4.78, 5) is 7.91. The first-order valence-electron chi connectivity index (χ1n) is 14.4. The smallest absolute Gasteiger partial charge is 0.131 e. The summed E-state index contributed by atoms with van der Waals surface area (Å²) in [6.07, 6.45) is 3.51. The molecular formula is C31H46F2N2O3. The maximum absolute atomic E-state index is 14.8. The minimum atomic E-state index is -1.07. The molecular weight excluding hydrogens is 486 g/mol. The molecule has 0 spiro atoms. The quantitative estimate of drug-likeness (QED) is 0.352. The van der Waals surface area contributed by atoms with Gasteiger partial charge in [0.25, 0.3) is 0 Å². The van der Waals surface area contributed by atoms with Crippen LogP contribution in [0.3, 0.4) is 0 Å². The van der Waals surface area contributed by atoms with E-state index in [1.54, 1.807) is 11.1 Å². The van der Waals surface area contributed by atoms with Crippen LogP contribution in [0.4, 0.5) is 8.78 Å². The van der Waals surface area contributed by atoms with Gasteiger partial charge in [-0.05, 0) is 80.4 Å². The minimum Gasteiger partial charge on any atom is -0.493 e. The number of hydroxylamine groups is 2. The van der Waals surface area contributed by atoms with Gasteiger partial charge in [0.05, 0.1) is 25.9 Å². The van der Waals surface area contributed by atoms with Gasteiger partial charge in [-0.25, -0.2) is 8.78 Å². The highest BCUT2D eigenvalue weighted by Crippen LogP contribution is 2.28. The molecule has 2 aromatic rings. The third-order valence-electron chi connectivity index (χ3n) is 7.71. The largest absolute Gasteiger partial charge is 0.493 e. The summed E-state index contributed by atoms with van der Waals surface area (Å²) < 4.78 is 35.5. The van der Waals surface area contributed by atoms with E-state index in [0.29, 0.717) is 57.0 Å². The van der Waals surface area contributed by atoms with Gasteiger partial charge in [-0.1, -0.05) is 52.0 Å². The highest BCUT2D eigenvalue weighted by atomic mass is 19.1. The fourth-order valence-electron chi connectivity index (χ4n) is 5.01. The number of aliphatic hydroxyl groups is 1. The maximum atomic E-state index is 14.8. The Balaban J connectivity index is 0.00000195. The van der Waals surface area contributed by atoms with Gasteiger partial charge in [0, 0.05) is 18.7 Å². The van der Waals surface area contributed by atoms with Crippen molar-refractivity contribution in [3.63, 3.8) is 0 Å². The molecule has 5 nitrogen and oxygen atoms in total. The van der Waals surface area contributed by atoms with Crippen LogP contribution in [0.1, 0.15) is 65.4 Å². The molecule has 38 heavy (non-hydrogen) atoms. The zero-order chi connectivity index (χ0) is 27.5. The van der Waals surface area contributed by atoms with Gasteiger partial charge in [0.2, 0.25) is 0 Å². The van der Waals surface area contributed by atoms with E-state index in [0.717, 1.165) is 42.8 Å². The Morgan fingerprint density at radius 3 is 2.24 bits per heavy atom. The van der Waals surface area contributed by atoms with Crippen molar-refractivity contribution in [1.82, 2.24) is 9.96 Å². The lowest BCUT2D eigenvalue weighted by molar-refractivity contribution is -0.158. The van der Waals surface area contributed by atoms with Crippen LogP contribution in [-0.4, -0.2) is 66.2 Å². The van der Waals surface area contributed by atoms with E-state index in [9.17, 15) is 13.9 Å². The number of alkyl halides is 1. The summed E-state index contributed by atoms with van der Waals surface area (Å²) in [5.41, 5.74) is 1.02. The summed E-state index contributed by atoms with van der Waals surface area (Å²) in [7, 11) is 0. The Hall–Kier alpha value is -2.06. The van der Waals surface area contributed by atoms with Crippen molar-refractivity contribution in [3.05, 3.63) is 53.8 Å². The lowest BCUT2D eigenvalue weighted by atomic mass is 9.94. The number of rotatable bonds is 11. The van der Waals surface area contributed by atoms with Crippen molar-refractivity contribution in [2.75, 3.05) is 39.3 Å². The van der Waals surface area contributed by atoms with Crippen molar-refractivity contribution >= 4 is 0 Å². The predicted molar refractivity (Wildman–Crippen MR) is 149 cm³/mol. The number of nitrogens with zero attached hydrogens (tertiary/aromatic N) is 2. The highest BCUT2D eigenvalue weighted by molar-refractivity contribution is 5.65. The molecule has 4 rings (SSSR count). The van der Waals surface area contributed by atoms with Crippen molar-refractivity contribution in [3.8, 4) is 16.9 Å². The van der Waals surface area contributed by atoms with Crippen molar-refractivity contribution in [2.24, 2.45) is 5.92 Å². The molecule has 0 aliphatic carbocycles. The molecule has 0 amide bonds. The number of likely N-dealkylation sites (tertiary alicyclic amines) is 1. The average molecular weight is 533 g/mol. The standard InChI is InChI=1S/C29H40F2N2O3.C2H6/c1-3-29(31,4-2)21-32-14-11-22(12-15-32)19-35-26-8-6-24(7-9-26)27-10-5-23(17-28(27)30)20-36-33-16-13-25(34)18-33;1-2/h5-10,17,22,25,34H,3-4,11-16,18-21H2,1-2H3;1-2H3. The molecule has 1 unspecified atom stereocenters. The number of ether oxygens (including phenoxy) is 1. The lowest BCUT2D eigenvalue weighted by Crippen LogP contribution is -2.44. The number of benzene rings is 2. The topological polar surface area (TPSA) is 45.2 Å². The molecule has 1 N–H and O–H groups in total. The van der Waals surface area contributed by atoms with Gasteiger partial charge in [0.15, 0.2) is 0 Å². The SMILES string of the molecule is CC.CCC(F)(CC)CN1CCC(COc2ccc(-c3ccc(CON4CCC(O)C4)cc3F)cc2)CC1. The second-order valence-electron chi connectivity index (χ2n) is 10.3. The average Bonchev–Trinajstić information content (AvgIpc) is 3.38. The van der Waals surface area contributed by atoms with Crippen LogP contribution < -0.4 is 4.74 Å². The van der Waals surface area contributed by atoms with Crippen LogP contribution in [0.25, 0.3) is 11.1 Å². The number of hydrogen-bond donors (Lipinski definition) is 1. The summed E-state index contributed by atoms with van der Waals surface area (Å²) in [5.74, 6) is 0.954. The Morgan fingerprint density at radius 1 is 0.974 bits per heavy atom. The van der Waals surface area contributed by atoms with Crippen molar-refractivity contribution in [1.29, 1.82) is 0 Å². The molecule has 1 atom stereocenters. The molecule has 0 saturated carbocycles. The minimum absolute atomic E-state index is 0.279. The predicted octanol–water partition coefficient (Wildman–Crippen LogP) is 6.64. The highest BCUT2D eigenvalue weighted by Gasteiger charge is 2.30. The Kier molecular flexibility index (Phi) is 12.0. The number of halogens is 2. The lowest BCUT2D eigenvalue weighted by Gasteiger charge is -2.36. The number of aliphatic hydroxyl groups excluding tert-OH is 1. The summed E-state index contributed by atoms with van der Waals surface area (Å²) in [6, 6.07) is 12.7. The molecule has 7 heteroatoms. The van der Waals surface area contributed by atoms with Gasteiger partial charge < -0.3 is 14.7 Å². The summed E-state index contributed by atoms with van der Waals surface area (Å²) >= 11 is 0. The zero-order valence-electron chi connectivity index (χ0n) is 23.6. The second kappa shape index (κ2) is 14.9. The molecule has 2 aliphatic rings. The van der Waals surface area contributed by atoms with E-state index in [4.69, 9.17) is 9.57 Å². The fraction of sp³-hybridized carbons (Fsp3) is 0.613. The van der Waals surface area contributed by atoms with Crippen molar-refractivity contribution in [2.45, 2.75) is 78.2 Å². The van der Waals surface area contributed by atoms with Gasteiger partial charge in [-0.15, -0.1) is 0 Å². The zero-order valence-corrected chi connectivity index (χ0v) is 23.6. The molecule has 2 aromatic carbocycles. The van der Waals surface area contributed by atoms with E-state index < -0.39 is 5.67 Å². The van der Waals surface area contributed by atoms with Crippen LogP contribution in [0.2, 0.25) is 0 Å². The van der Waals surface area contributed by atoms with Crippen LogP contribution in [0.15, 0.2) is 42.5 Å². The first-order valence-corrected chi connectivity index (χ1v) is 14.4. The van der Waals surface area contributed by atoms with Gasteiger partial charge in [-0.2, -0.15) is 5.06 Å². The summed E-state index contributed by atoms with van der Waals surface area (Å²) in [6.45, 7) is 12.3. The Bertz CT molecular complexity index is 960. The first-order chi connectivity index (χ1) is 18.4. The Morgan fingerprint density at radius 2 is 1.66 bits per heavy atom. The third kappa shape index (κ3) is 8.73. The number of hydrogen-bond acceptors (Lipinski definition) is 5. The maximum Gasteiger partial charge on any atom is 0.131 e. The van der Waals surface area contributed by atoms with Crippen molar-refractivity contribution < 1.29 is 23.5 Å². The van der Waals surface area contributed by atoms with Gasteiger partial charge >= 0.3 is 0 Å². The van der Waals surface area contributed by atoms with Crippen LogP contribution in [0.5, 0.6) is 5.75 Å². The summed E-state index contributed by atoms with van der Waals surface area (Å²) in [5, 5.41) is 11.3. The normalized spacial score (nSPS) is 19.3. The molecule has 2 heterocycles. The molecule has 2 aliphatic heterocycles. The molecule has 2 saturated heterocycles. The van der Waals surface area contributed by atoms with E-state index in [1.807, 2.05) is 58.0 Å². The van der Waals surface area contributed by atoms with E-state index in [2.05, 4.69) is 4.90 Å². The monoisotopic (exact) mass is 532 g/mol. The van der Waals surface area contributed by atoms with Gasteiger partial charge in [-0.3, -0.25) is 4.84 Å². The first kappa shape index (κ1) is 30.5. The van der Waals surface area contributed by atoms with Crippen LogP contribution >= 0.6 is 0 Å². The molecule has 0 bridgehead atoms. The molecule has 0 radical (unpaired) electrons. The van der Waals surface area contributed by atoms with Crippen LogP contribution in [-0.2, 0) is 11.4 Å². The number of piperidine rings is 1. The van der Waals surface area contributed by atoms with E-state index in [-0.39, 0.29) is 18.5 Å². The molecule has 212 valence electrons. The van der Waals surface area contributed by atoms with Gasteiger partial charge in [0.1, 0.15) is 17.2 Å². The van der Waals surface area contributed by atoms with E-state index in [1.165, 1.54) is 6.07 Å². The van der Waals surface area contributed by atoms with E-state index >= 15 is 0 Å².